The molecule has 3 aliphatic rings. The molecule has 1 saturated heterocycles. The number of ether oxygens (including phenoxy) is 1. The number of nitrogens with one attached hydrogen (secondary N) is 2. The third-order valence-corrected chi connectivity index (χ3v) is 4.83. The lowest BCUT2D eigenvalue weighted by Gasteiger charge is -2.10. The van der Waals surface area contributed by atoms with Gasteiger partial charge in [-0.2, -0.15) is 5.10 Å². The van der Waals surface area contributed by atoms with Crippen LogP contribution >= 0.6 is 0 Å². The van der Waals surface area contributed by atoms with Crippen molar-refractivity contribution in [1.82, 2.24) is 15.1 Å². The number of amides is 2. The molecule has 108 valence electrons. The molecule has 1 aromatic rings. The molecule has 2 aliphatic carbocycles. The molecule has 0 radical (unpaired) electrons. The summed E-state index contributed by atoms with van der Waals surface area (Å²) in [5.74, 6) is 1.80. The lowest BCUT2D eigenvalue weighted by Crippen LogP contribution is -2.33. The van der Waals surface area contributed by atoms with Gasteiger partial charge in [0.25, 0.3) is 0 Å². The first kappa shape index (κ1) is 12.2. The highest BCUT2D eigenvalue weighted by atomic mass is 16.5. The van der Waals surface area contributed by atoms with Crippen molar-refractivity contribution in [2.24, 2.45) is 17.8 Å². The SMILES string of the molecule is CC(C1CC1)n1cc(NC(=O)NC2[C@H]3COC[C@@H]23)cn1. The van der Waals surface area contributed by atoms with Crippen molar-refractivity contribution in [1.29, 1.82) is 0 Å². The number of carbonyl (C=O) groups is 1. The maximum atomic E-state index is 11.9. The van der Waals surface area contributed by atoms with Crippen molar-refractivity contribution in [3.63, 3.8) is 0 Å². The fraction of sp³-hybridized carbons (Fsp3) is 0.714. The Bertz CT molecular complexity index is 515. The molecule has 1 aliphatic heterocycles. The van der Waals surface area contributed by atoms with Gasteiger partial charge in [0.2, 0.25) is 0 Å². The summed E-state index contributed by atoms with van der Waals surface area (Å²) in [5, 5.41) is 10.2. The second-order valence-corrected chi connectivity index (χ2v) is 6.28. The second kappa shape index (κ2) is 4.48. The highest BCUT2D eigenvalue weighted by Gasteiger charge is 2.54. The molecule has 2 saturated carbocycles. The van der Waals surface area contributed by atoms with E-state index in [1.807, 2.05) is 10.9 Å². The molecule has 4 atom stereocenters. The van der Waals surface area contributed by atoms with E-state index in [0.717, 1.165) is 24.8 Å². The number of anilines is 1. The first-order valence-corrected chi connectivity index (χ1v) is 7.42. The Morgan fingerprint density at radius 3 is 2.90 bits per heavy atom. The number of carbonyl (C=O) groups excluding carboxylic acids is 1. The summed E-state index contributed by atoms with van der Waals surface area (Å²) in [5.41, 5.74) is 0.761. The molecule has 20 heavy (non-hydrogen) atoms. The lowest BCUT2D eigenvalue weighted by molar-refractivity contribution is 0.157. The predicted octanol–water partition coefficient (Wildman–Crippen LogP) is 1.62. The molecule has 2 unspecified atom stereocenters. The minimum Gasteiger partial charge on any atom is -0.381 e. The van der Waals surface area contributed by atoms with Crippen molar-refractivity contribution in [2.45, 2.75) is 31.8 Å². The smallest absolute Gasteiger partial charge is 0.319 e. The third kappa shape index (κ3) is 2.18. The van der Waals surface area contributed by atoms with Gasteiger partial charge in [0.05, 0.1) is 31.1 Å². The van der Waals surface area contributed by atoms with E-state index in [1.165, 1.54) is 12.8 Å². The van der Waals surface area contributed by atoms with Gasteiger partial charge in [0, 0.05) is 24.1 Å². The van der Waals surface area contributed by atoms with Gasteiger partial charge in [-0.25, -0.2) is 4.79 Å². The van der Waals surface area contributed by atoms with Crippen molar-refractivity contribution in [3.8, 4) is 0 Å². The Morgan fingerprint density at radius 1 is 1.45 bits per heavy atom. The quantitative estimate of drug-likeness (QED) is 0.878. The Kier molecular flexibility index (Phi) is 2.73. The Labute approximate surface area is 117 Å². The Hall–Kier alpha value is -1.56. The minimum atomic E-state index is -0.136. The summed E-state index contributed by atoms with van der Waals surface area (Å²) in [6.07, 6.45) is 6.21. The van der Waals surface area contributed by atoms with Crippen LogP contribution in [0.1, 0.15) is 25.8 Å². The van der Waals surface area contributed by atoms with Crippen molar-refractivity contribution in [3.05, 3.63) is 12.4 Å². The van der Waals surface area contributed by atoms with E-state index in [4.69, 9.17) is 4.74 Å². The van der Waals surface area contributed by atoms with E-state index in [9.17, 15) is 4.79 Å². The molecule has 0 spiro atoms. The van der Waals surface area contributed by atoms with Crippen LogP contribution in [-0.2, 0) is 4.74 Å². The number of urea groups is 1. The summed E-state index contributed by atoms with van der Waals surface area (Å²) in [7, 11) is 0. The van der Waals surface area contributed by atoms with Gasteiger partial charge >= 0.3 is 6.03 Å². The summed E-state index contributed by atoms with van der Waals surface area (Å²) in [4.78, 5) is 11.9. The normalized spacial score (nSPS) is 32.5. The van der Waals surface area contributed by atoms with Gasteiger partial charge < -0.3 is 15.4 Å². The minimum absolute atomic E-state index is 0.136. The molecule has 6 nitrogen and oxygen atoms in total. The summed E-state index contributed by atoms with van der Waals surface area (Å²) >= 11 is 0. The average Bonchev–Trinajstić information content (AvgIpc) is 3.26. The van der Waals surface area contributed by atoms with Gasteiger partial charge in [-0.15, -0.1) is 0 Å². The van der Waals surface area contributed by atoms with Crippen LogP contribution in [0.5, 0.6) is 0 Å². The standard InChI is InChI=1S/C14H20N4O2/c1-8(9-2-3-9)18-5-10(4-15-18)16-14(19)17-13-11-6-20-7-12(11)13/h4-5,8-9,11-13H,2-3,6-7H2,1H3,(H2,16,17,19)/t8?,11-,12+,13?. The lowest BCUT2D eigenvalue weighted by atomic mass is 10.2. The Balaban J connectivity index is 1.31. The van der Waals surface area contributed by atoms with Crippen LogP contribution < -0.4 is 10.6 Å². The Morgan fingerprint density at radius 2 is 2.20 bits per heavy atom. The molecule has 3 fully saturated rings. The van der Waals surface area contributed by atoms with Gasteiger partial charge in [0.1, 0.15) is 0 Å². The second-order valence-electron chi connectivity index (χ2n) is 6.28. The van der Waals surface area contributed by atoms with Crippen LogP contribution in [0.15, 0.2) is 12.4 Å². The van der Waals surface area contributed by atoms with Crippen molar-refractivity contribution >= 4 is 11.7 Å². The molecule has 0 bridgehead atoms. The first-order chi connectivity index (χ1) is 9.72. The zero-order valence-corrected chi connectivity index (χ0v) is 11.6. The maximum Gasteiger partial charge on any atom is 0.319 e. The molecule has 2 N–H and O–H groups in total. The van der Waals surface area contributed by atoms with Gasteiger partial charge in [0.15, 0.2) is 0 Å². The zero-order chi connectivity index (χ0) is 13.7. The number of aromatic nitrogens is 2. The molecule has 6 heteroatoms. The maximum absolute atomic E-state index is 11.9. The number of fused-ring (bicyclic) bond motifs is 1. The largest absolute Gasteiger partial charge is 0.381 e. The van der Waals surface area contributed by atoms with E-state index in [2.05, 4.69) is 22.7 Å². The average molecular weight is 276 g/mol. The van der Waals surface area contributed by atoms with E-state index < -0.39 is 0 Å². The topological polar surface area (TPSA) is 68.2 Å². The van der Waals surface area contributed by atoms with E-state index in [-0.39, 0.29) is 6.03 Å². The van der Waals surface area contributed by atoms with Crippen molar-refractivity contribution in [2.75, 3.05) is 18.5 Å². The molecular weight excluding hydrogens is 256 g/mol. The third-order valence-electron chi connectivity index (χ3n) is 4.83. The number of hydrogen-bond acceptors (Lipinski definition) is 3. The molecule has 1 aromatic heterocycles. The highest BCUT2D eigenvalue weighted by molar-refractivity contribution is 5.89. The van der Waals surface area contributed by atoms with Crippen LogP contribution in [-0.4, -0.2) is 35.1 Å². The molecule has 0 aromatic carbocycles. The number of hydrogen-bond donors (Lipinski definition) is 2. The monoisotopic (exact) mass is 276 g/mol. The van der Waals surface area contributed by atoms with Gasteiger partial charge in [-0.05, 0) is 25.7 Å². The van der Waals surface area contributed by atoms with E-state index >= 15 is 0 Å². The van der Waals surface area contributed by atoms with Crippen LogP contribution in [0.4, 0.5) is 10.5 Å². The summed E-state index contributed by atoms with van der Waals surface area (Å²) < 4.78 is 7.26. The molecule has 2 heterocycles. The predicted molar refractivity (Wildman–Crippen MR) is 73.4 cm³/mol. The van der Waals surface area contributed by atoms with Crippen LogP contribution in [0.25, 0.3) is 0 Å². The van der Waals surface area contributed by atoms with Crippen LogP contribution in [0, 0.1) is 17.8 Å². The fourth-order valence-electron chi connectivity index (χ4n) is 3.19. The fourth-order valence-corrected chi connectivity index (χ4v) is 3.19. The van der Waals surface area contributed by atoms with Crippen LogP contribution in [0.2, 0.25) is 0 Å². The molecule has 4 rings (SSSR count). The molecular formula is C14H20N4O2. The zero-order valence-electron chi connectivity index (χ0n) is 11.6. The summed E-state index contributed by atoms with van der Waals surface area (Å²) in [6, 6.07) is 0.584. The number of nitrogens with zero attached hydrogens (tertiary/aromatic N) is 2. The molecule has 2 amide bonds. The number of rotatable bonds is 4. The summed E-state index contributed by atoms with van der Waals surface area (Å²) in [6.45, 7) is 3.75. The van der Waals surface area contributed by atoms with Gasteiger partial charge in [-0.3, -0.25) is 4.68 Å². The van der Waals surface area contributed by atoms with Gasteiger partial charge in [-0.1, -0.05) is 0 Å². The van der Waals surface area contributed by atoms with Crippen LogP contribution in [0.3, 0.4) is 0 Å². The first-order valence-electron chi connectivity index (χ1n) is 7.42. The highest BCUT2D eigenvalue weighted by Crippen LogP contribution is 2.44. The van der Waals surface area contributed by atoms with Crippen molar-refractivity contribution < 1.29 is 9.53 Å². The van der Waals surface area contributed by atoms with E-state index in [1.54, 1.807) is 6.20 Å². The van der Waals surface area contributed by atoms with E-state index in [0.29, 0.717) is 23.9 Å².